The highest BCUT2D eigenvalue weighted by Crippen LogP contribution is 2.13. The molecular weight excluding hydrogens is 276 g/mol. The molecule has 0 saturated carbocycles. The van der Waals surface area contributed by atoms with Gasteiger partial charge in [0.2, 0.25) is 5.91 Å². The molecule has 1 N–H and O–H groups in total. The average molecular weight is 297 g/mol. The van der Waals surface area contributed by atoms with Crippen LogP contribution in [-0.4, -0.2) is 35.7 Å². The molecule has 2 amide bonds. The molecule has 0 fully saturated rings. The molecule has 1 aromatic rings. The van der Waals surface area contributed by atoms with Crippen LogP contribution in [0.3, 0.4) is 0 Å². The van der Waals surface area contributed by atoms with E-state index in [1.807, 2.05) is 13.8 Å². The van der Waals surface area contributed by atoms with E-state index in [2.05, 4.69) is 5.32 Å². The second kappa shape index (κ2) is 8.59. The second-order valence-electron chi connectivity index (χ2n) is 4.40. The number of nitrogens with one attached hydrogen (secondary N) is 1. The Morgan fingerprint density at radius 2 is 1.95 bits per heavy atom. The van der Waals surface area contributed by atoms with E-state index in [4.69, 9.17) is 11.6 Å². The van der Waals surface area contributed by atoms with Crippen LogP contribution in [0.15, 0.2) is 24.3 Å². The summed E-state index contributed by atoms with van der Waals surface area (Å²) in [6, 6.07) is 7.01. The molecule has 0 aliphatic carbocycles. The van der Waals surface area contributed by atoms with Crippen molar-refractivity contribution in [2.75, 3.05) is 24.3 Å². The van der Waals surface area contributed by atoms with Crippen LogP contribution in [0.5, 0.6) is 0 Å². The Hall–Kier alpha value is -1.55. The number of halogens is 1. The summed E-state index contributed by atoms with van der Waals surface area (Å²) < 4.78 is 0. The molecule has 0 radical (unpaired) electrons. The predicted molar refractivity (Wildman–Crippen MR) is 82.3 cm³/mol. The van der Waals surface area contributed by atoms with Crippen LogP contribution in [0, 0.1) is 0 Å². The molecule has 0 heterocycles. The van der Waals surface area contributed by atoms with Gasteiger partial charge in [-0.05, 0) is 38.5 Å². The summed E-state index contributed by atoms with van der Waals surface area (Å²) in [6.07, 6.45) is 1.03. The Balaban J connectivity index is 2.75. The highest BCUT2D eigenvalue weighted by Gasteiger charge is 2.13. The van der Waals surface area contributed by atoms with Crippen LogP contribution < -0.4 is 5.32 Å². The van der Waals surface area contributed by atoms with E-state index in [0.29, 0.717) is 43.1 Å². The van der Waals surface area contributed by atoms with Crippen molar-refractivity contribution < 1.29 is 9.59 Å². The van der Waals surface area contributed by atoms with Gasteiger partial charge in [0.25, 0.3) is 5.91 Å². The van der Waals surface area contributed by atoms with E-state index in [-0.39, 0.29) is 11.8 Å². The van der Waals surface area contributed by atoms with E-state index < -0.39 is 0 Å². The fraction of sp³-hybridized carbons (Fsp3) is 0.467. The minimum absolute atomic E-state index is 0.0214. The van der Waals surface area contributed by atoms with Gasteiger partial charge in [-0.25, -0.2) is 0 Å². The minimum atomic E-state index is -0.0851. The number of rotatable bonds is 7. The normalized spacial score (nSPS) is 10.2. The van der Waals surface area contributed by atoms with E-state index >= 15 is 0 Å². The lowest BCUT2D eigenvalue weighted by Gasteiger charge is -2.19. The number of carbonyl (C=O) groups is 2. The molecule has 0 aromatic heterocycles. The maximum atomic E-state index is 12.2. The quantitative estimate of drug-likeness (QED) is 0.786. The lowest BCUT2D eigenvalue weighted by molar-refractivity contribution is -0.116. The Labute approximate surface area is 125 Å². The molecule has 0 bridgehead atoms. The molecule has 0 spiro atoms. The highest BCUT2D eigenvalue weighted by molar-refractivity contribution is 6.18. The molecular formula is C15H21ClN2O2. The van der Waals surface area contributed by atoms with Gasteiger partial charge in [-0.3, -0.25) is 9.59 Å². The first-order valence-corrected chi connectivity index (χ1v) is 7.41. The van der Waals surface area contributed by atoms with Gasteiger partial charge in [-0.15, -0.1) is 11.6 Å². The minimum Gasteiger partial charge on any atom is -0.339 e. The predicted octanol–water partition coefficient (Wildman–Crippen LogP) is 3.13. The Kier molecular flexibility index (Phi) is 7.09. The molecule has 1 rings (SSSR count). The standard InChI is InChI=1S/C15H21ClN2O2/c1-3-18(4-2)15(20)12-7-5-8-13(11-12)17-14(19)9-6-10-16/h5,7-8,11H,3-4,6,9-10H2,1-2H3,(H,17,19). The SMILES string of the molecule is CCN(CC)C(=O)c1cccc(NC(=O)CCCCl)c1. The highest BCUT2D eigenvalue weighted by atomic mass is 35.5. The number of alkyl halides is 1. The molecule has 0 unspecified atom stereocenters. The molecule has 0 atom stereocenters. The van der Waals surface area contributed by atoms with Crippen LogP contribution in [0.4, 0.5) is 5.69 Å². The van der Waals surface area contributed by atoms with Crippen molar-refractivity contribution in [3.8, 4) is 0 Å². The summed E-state index contributed by atoms with van der Waals surface area (Å²) in [5.41, 5.74) is 1.23. The van der Waals surface area contributed by atoms with Crippen LogP contribution in [0.2, 0.25) is 0 Å². The molecule has 20 heavy (non-hydrogen) atoms. The van der Waals surface area contributed by atoms with Crippen molar-refractivity contribution in [1.82, 2.24) is 4.90 Å². The fourth-order valence-electron chi connectivity index (χ4n) is 1.87. The molecule has 0 saturated heterocycles. The van der Waals surface area contributed by atoms with Crippen molar-refractivity contribution in [2.24, 2.45) is 0 Å². The maximum absolute atomic E-state index is 12.2. The van der Waals surface area contributed by atoms with Crippen molar-refractivity contribution in [1.29, 1.82) is 0 Å². The van der Waals surface area contributed by atoms with Crippen LogP contribution in [-0.2, 0) is 4.79 Å². The molecule has 0 aliphatic heterocycles. The first kappa shape index (κ1) is 16.5. The van der Waals surface area contributed by atoms with Crippen molar-refractivity contribution in [3.63, 3.8) is 0 Å². The fourth-order valence-corrected chi connectivity index (χ4v) is 2.01. The zero-order valence-electron chi connectivity index (χ0n) is 12.0. The van der Waals surface area contributed by atoms with E-state index in [0.717, 1.165) is 0 Å². The topological polar surface area (TPSA) is 49.4 Å². The van der Waals surface area contributed by atoms with Gasteiger partial charge in [-0.1, -0.05) is 6.07 Å². The van der Waals surface area contributed by atoms with Gasteiger partial charge in [0.1, 0.15) is 0 Å². The first-order chi connectivity index (χ1) is 9.62. The third-order valence-electron chi connectivity index (χ3n) is 2.98. The lowest BCUT2D eigenvalue weighted by Crippen LogP contribution is -2.30. The number of carbonyl (C=O) groups excluding carboxylic acids is 2. The summed E-state index contributed by atoms with van der Waals surface area (Å²) in [5.74, 6) is 0.360. The number of nitrogens with zero attached hydrogens (tertiary/aromatic N) is 1. The van der Waals surface area contributed by atoms with Gasteiger partial charge in [0, 0.05) is 36.6 Å². The number of benzene rings is 1. The zero-order chi connectivity index (χ0) is 15.0. The third-order valence-corrected chi connectivity index (χ3v) is 3.25. The summed E-state index contributed by atoms with van der Waals surface area (Å²) in [7, 11) is 0. The van der Waals surface area contributed by atoms with Gasteiger partial charge in [0.05, 0.1) is 0 Å². The van der Waals surface area contributed by atoms with Gasteiger partial charge >= 0.3 is 0 Å². The zero-order valence-corrected chi connectivity index (χ0v) is 12.7. The number of amides is 2. The van der Waals surface area contributed by atoms with Gasteiger partial charge < -0.3 is 10.2 Å². The van der Waals surface area contributed by atoms with Crippen LogP contribution >= 0.6 is 11.6 Å². The number of hydrogen-bond acceptors (Lipinski definition) is 2. The van der Waals surface area contributed by atoms with E-state index in [1.165, 1.54) is 0 Å². The molecule has 0 aliphatic rings. The van der Waals surface area contributed by atoms with E-state index in [1.54, 1.807) is 29.2 Å². The van der Waals surface area contributed by atoms with Crippen LogP contribution in [0.25, 0.3) is 0 Å². The number of hydrogen-bond donors (Lipinski definition) is 1. The Morgan fingerprint density at radius 3 is 2.55 bits per heavy atom. The largest absolute Gasteiger partial charge is 0.339 e. The Morgan fingerprint density at radius 1 is 1.25 bits per heavy atom. The van der Waals surface area contributed by atoms with Crippen LogP contribution in [0.1, 0.15) is 37.0 Å². The third kappa shape index (κ3) is 4.85. The smallest absolute Gasteiger partial charge is 0.253 e. The summed E-state index contributed by atoms with van der Waals surface area (Å²) in [4.78, 5) is 25.6. The monoisotopic (exact) mass is 296 g/mol. The summed E-state index contributed by atoms with van der Waals surface area (Å²) in [5, 5.41) is 2.78. The average Bonchev–Trinajstić information content (AvgIpc) is 2.46. The first-order valence-electron chi connectivity index (χ1n) is 6.87. The van der Waals surface area contributed by atoms with Crippen molar-refractivity contribution in [2.45, 2.75) is 26.7 Å². The van der Waals surface area contributed by atoms with E-state index in [9.17, 15) is 9.59 Å². The van der Waals surface area contributed by atoms with Gasteiger partial charge in [-0.2, -0.15) is 0 Å². The molecule has 4 nitrogen and oxygen atoms in total. The van der Waals surface area contributed by atoms with Crippen molar-refractivity contribution >= 4 is 29.1 Å². The van der Waals surface area contributed by atoms with Crippen molar-refractivity contribution in [3.05, 3.63) is 29.8 Å². The molecule has 5 heteroatoms. The Bertz CT molecular complexity index is 459. The summed E-state index contributed by atoms with van der Waals surface area (Å²) >= 11 is 5.55. The maximum Gasteiger partial charge on any atom is 0.253 e. The second-order valence-corrected chi connectivity index (χ2v) is 4.78. The van der Waals surface area contributed by atoms with Gasteiger partial charge in [0.15, 0.2) is 0 Å². The molecule has 110 valence electrons. The lowest BCUT2D eigenvalue weighted by atomic mass is 10.1. The number of anilines is 1. The molecule has 1 aromatic carbocycles. The summed E-state index contributed by atoms with van der Waals surface area (Å²) in [6.45, 7) is 5.22.